The summed E-state index contributed by atoms with van der Waals surface area (Å²) >= 11 is 5.96. The van der Waals surface area contributed by atoms with Crippen LogP contribution in [-0.4, -0.2) is 35.9 Å². The van der Waals surface area contributed by atoms with E-state index in [4.69, 9.17) is 16.3 Å². The van der Waals surface area contributed by atoms with E-state index in [9.17, 15) is 9.59 Å². The first kappa shape index (κ1) is 22.8. The van der Waals surface area contributed by atoms with E-state index in [0.717, 1.165) is 23.1 Å². The smallest absolute Gasteiger partial charge is 0.261 e. The van der Waals surface area contributed by atoms with Crippen molar-refractivity contribution in [1.29, 1.82) is 0 Å². The molecule has 2 rings (SSSR count). The van der Waals surface area contributed by atoms with E-state index < -0.39 is 6.04 Å². The van der Waals surface area contributed by atoms with E-state index in [2.05, 4.69) is 5.32 Å². The maximum absolute atomic E-state index is 13.0. The highest BCUT2D eigenvalue weighted by molar-refractivity contribution is 6.30. The fourth-order valence-electron chi connectivity index (χ4n) is 2.85. The lowest BCUT2D eigenvalue weighted by atomic mass is 10.1. The third-order valence-corrected chi connectivity index (χ3v) is 4.93. The first-order valence-corrected chi connectivity index (χ1v) is 10.2. The highest BCUT2D eigenvalue weighted by Gasteiger charge is 2.26. The summed E-state index contributed by atoms with van der Waals surface area (Å²) in [4.78, 5) is 27.0. The zero-order valence-electron chi connectivity index (χ0n) is 17.5. The minimum Gasteiger partial charge on any atom is -0.483 e. The first-order chi connectivity index (χ1) is 13.8. The van der Waals surface area contributed by atoms with E-state index in [1.165, 1.54) is 0 Å². The van der Waals surface area contributed by atoms with Crippen molar-refractivity contribution in [3.05, 3.63) is 64.2 Å². The quantitative estimate of drug-likeness (QED) is 0.663. The van der Waals surface area contributed by atoms with Crippen molar-refractivity contribution >= 4 is 23.4 Å². The van der Waals surface area contributed by atoms with E-state index in [0.29, 0.717) is 23.9 Å². The zero-order chi connectivity index (χ0) is 21.4. The van der Waals surface area contributed by atoms with Crippen LogP contribution >= 0.6 is 11.6 Å². The van der Waals surface area contributed by atoms with Gasteiger partial charge in [0, 0.05) is 18.1 Å². The molecule has 0 fully saturated rings. The number of hydrogen-bond donors (Lipinski definition) is 1. The van der Waals surface area contributed by atoms with Gasteiger partial charge in [0.1, 0.15) is 11.8 Å². The normalized spacial score (nSPS) is 11.6. The standard InChI is InChI=1S/C23H29ClN2O3/c1-5-12-25-23(28)18(4)26(14-19-8-10-20(24)11-9-19)22(27)15-29-21-13-16(2)6-7-17(21)3/h6-11,13,18H,5,12,14-15H2,1-4H3,(H,25,28). The van der Waals surface area contributed by atoms with Gasteiger partial charge in [-0.15, -0.1) is 0 Å². The fraction of sp³-hybridized carbons (Fsp3) is 0.391. The molecule has 0 aromatic heterocycles. The molecule has 6 heteroatoms. The van der Waals surface area contributed by atoms with Crippen molar-refractivity contribution in [2.45, 2.75) is 46.7 Å². The highest BCUT2D eigenvalue weighted by atomic mass is 35.5. The molecule has 0 spiro atoms. The number of halogens is 1. The van der Waals surface area contributed by atoms with Gasteiger partial charge in [0.05, 0.1) is 0 Å². The number of aryl methyl sites for hydroxylation is 2. The molecular formula is C23H29ClN2O3. The lowest BCUT2D eigenvalue weighted by molar-refractivity contribution is -0.142. The fourth-order valence-corrected chi connectivity index (χ4v) is 2.98. The highest BCUT2D eigenvalue weighted by Crippen LogP contribution is 2.20. The van der Waals surface area contributed by atoms with Gasteiger partial charge >= 0.3 is 0 Å². The van der Waals surface area contributed by atoms with Gasteiger partial charge in [-0.3, -0.25) is 9.59 Å². The van der Waals surface area contributed by atoms with Crippen LogP contribution in [0.1, 0.15) is 37.0 Å². The second-order valence-corrected chi connectivity index (χ2v) is 7.61. The van der Waals surface area contributed by atoms with Gasteiger partial charge in [-0.2, -0.15) is 0 Å². The van der Waals surface area contributed by atoms with Gasteiger partial charge in [0.25, 0.3) is 5.91 Å². The van der Waals surface area contributed by atoms with Gasteiger partial charge in [-0.05, 0) is 62.1 Å². The molecule has 0 bridgehead atoms. The number of carbonyl (C=O) groups is 2. The van der Waals surface area contributed by atoms with Crippen molar-refractivity contribution in [2.75, 3.05) is 13.2 Å². The molecule has 0 saturated heterocycles. The summed E-state index contributed by atoms with van der Waals surface area (Å²) < 4.78 is 5.78. The Hall–Kier alpha value is -2.53. The van der Waals surface area contributed by atoms with Crippen LogP contribution in [0.4, 0.5) is 0 Å². The Labute approximate surface area is 178 Å². The molecule has 5 nitrogen and oxygen atoms in total. The number of ether oxygens (including phenoxy) is 1. The number of hydrogen-bond acceptors (Lipinski definition) is 3. The Morgan fingerprint density at radius 3 is 2.48 bits per heavy atom. The van der Waals surface area contributed by atoms with Crippen molar-refractivity contribution in [3.8, 4) is 5.75 Å². The molecule has 29 heavy (non-hydrogen) atoms. The van der Waals surface area contributed by atoms with Crippen LogP contribution in [0.2, 0.25) is 5.02 Å². The molecule has 0 aliphatic heterocycles. The molecule has 1 atom stereocenters. The van der Waals surface area contributed by atoms with Crippen LogP contribution in [0.3, 0.4) is 0 Å². The van der Waals surface area contributed by atoms with E-state index in [-0.39, 0.29) is 18.4 Å². The van der Waals surface area contributed by atoms with Crippen LogP contribution in [0.15, 0.2) is 42.5 Å². The first-order valence-electron chi connectivity index (χ1n) is 9.83. The molecule has 0 saturated carbocycles. The number of amides is 2. The second-order valence-electron chi connectivity index (χ2n) is 7.17. The molecule has 2 aromatic carbocycles. The van der Waals surface area contributed by atoms with Crippen molar-refractivity contribution in [1.82, 2.24) is 10.2 Å². The Balaban J connectivity index is 2.15. The minimum atomic E-state index is -0.619. The molecule has 0 aliphatic rings. The summed E-state index contributed by atoms with van der Waals surface area (Å²) in [5, 5.41) is 3.48. The lowest BCUT2D eigenvalue weighted by Crippen LogP contribution is -2.49. The molecule has 1 N–H and O–H groups in total. The summed E-state index contributed by atoms with van der Waals surface area (Å²) in [6, 6.07) is 12.5. The average molecular weight is 417 g/mol. The van der Waals surface area contributed by atoms with Crippen molar-refractivity contribution in [3.63, 3.8) is 0 Å². The van der Waals surface area contributed by atoms with Gasteiger partial charge in [-0.25, -0.2) is 0 Å². The third-order valence-electron chi connectivity index (χ3n) is 4.68. The van der Waals surface area contributed by atoms with Crippen LogP contribution < -0.4 is 10.1 Å². The average Bonchev–Trinajstić information content (AvgIpc) is 2.71. The summed E-state index contributed by atoms with van der Waals surface area (Å²) in [6.45, 7) is 8.37. The molecule has 0 heterocycles. The molecule has 0 radical (unpaired) electrons. The van der Waals surface area contributed by atoms with Gasteiger partial charge in [-0.1, -0.05) is 42.8 Å². The monoisotopic (exact) mass is 416 g/mol. The number of benzene rings is 2. The van der Waals surface area contributed by atoms with E-state index >= 15 is 0 Å². The second kappa shape index (κ2) is 10.9. The molecule has 0 aliphatic carbocycles. The van der Waals surface area contributed by atoms with E-state index in [1.54, 1.807) is 24.0 Å². The Morgan fingerprint density at radius 1 is 1.14 bits per heavy atom. The number of nitrogens with one attached hydrogen (secondary N) is 1. The maximum Gasteiger partial charge on any atom is 0.261 e. The van der Waals surface area contributed by atoms with Crippen LogP contribution in [-0.2, 0) is 16.1 Å². The van der Waals surface area contributed by atoms with Crippen LogP contribution in [0, 0.1) is 13.8 Å². The zero-order valence-corrected chi connectivity index (χ0v) is 18.3. The van der Waals surface area contributed by atoms with Crippen LogP contribution in [0.25, 0.3) is 0 Å². The van der Waals surface area contributed by atoms with E-state index in [1.807, 2.05) is 51.1 Å². The molecule has 2 aromatic rings. The topological polar surface area (TPSA) is 58.6 Å². The predicted octanol–water partition coefficient (Wildman–Crippen LogP) is 4.28. The lowest BCUT2D eigenvalue weighted by Gasteiger charge is -2.29. The minimum absolute atomic E-state index is 0.136. The molecule has 2 amide bonds. The number of carbonyl (C=O) groups excluding carboxylic acids is 2. The number of nitrogens with zero attached hydrogens (tertiary/aromatic N) is 1. The Kier molecular flexibility index (Phi) is 8.52. The molecule has 1 unspecified atom stereocenters. The van der Waals surface area contributed by atoms with Crippen molar-refractivity contribution in [2.24, 2.45) is 0 Å². The van der Waals surface area contributed by atoms with Crippen molar-refractivity contribution < 1.29 is 14.3 Å². The van der Waals surface area contributed by atoms with Gasteiger partial charge < -0.3 is 15.0 Å². The number of rotatable bonds is 9. The molecular weight excluding hydrogens is 388 g/mol. The van der Waals surface area contributed by atoms with Crippen LogP contribution in [0.5, 0.6) is 5.75 Å². The summed E-state index contributed by atoms with van der Waals surface area (Å²) in [7, 11) is 0. The summed E-state index contributed by atoms with van der Waals surface area (Å²) in [5.74, 6) is 0.244. The van der Waals surface area contributed by atoms with Gasteiger partial charge in [0.2, 0.25) is 5.91 Å². The SMILES string of the molecule is CCCNC(=O)C(C)N(Cc1ccc(Cl)cc1)C(=O)COc1cc(C)ccc1C. The summed E-state index contributed by atoms with van der Waals surface area (Å²) in [5.41, 5.74) is 2.91. The largest absolute Gasteiger partial charge is 0.483 e. The Bertz CT molecular complexity index is 837. The molecule has 156 valence electrons. The van der Waals surface area contributed by atoms with Gasteiger partial charge in [0.15, 0.2) is 6.61 Å². The maximum atomic E-state index is 13.0. The Morgan fingerprint density at radius 2 is 1.83 bits per heavy atom. The third kappa shape index (κ3) is 6.79. The summed E-state index contributed by atoms with van der Waals surface area (Å²) in [6.07, 6.45) is 0.833. The predicted molar refractivity (Wildman–Crippen MR) is 116 cm³/mol.